The smallest absolute Gasteiger partial charge is 0.110 e. The van der Waals surface area contributed by atoms with Crippen LogP contribution in [0.2, 0.25) is 0 Å². The van der Waals surface area contributed by atoms with Crippen LogP contribution in [0.5, 0.6) is 0 Å². The number of rotatable bonds is 4. The molecule has 86 valence electrons. The predicted molar refractivity (Wildman–Crippen MR) is 58.0 cm³/mol. The van der Waals surface area contributed by atoms with Crippen LogP contribution in [0.15, 0.2) is 11.8 Å². The number of nitrogens with one attached hydrogen (secondary N) is 1. The largest absolute Gasteiger partial charge is 0.496 e. The Bertz CT molecular complexity index is 225. The van der Waals surface area contributed by atoms with Gasteiger partial charge < -0.3 is 9.47 Å². The van der Waals surface area contributed by atoms with Crippen molar-refractivity contribution in [2.45, 2.75) is 44.2 Å². The SMILES string of the molecule is NNC(CC1CCCCO1)C1=CCCO1. The summed E-state index contributed by atoms with van der Waals surface area (Å²) >= 11 is 0. The van der Waals surface area contributed by atoms with E-state index in [1.165, 1.54) is 12.8 Å². The Morgan fingerprint density at radius 1 is 1.47 bits per heavy atom. The molecule has 1 fully saturated rings. The van der Waals surface area contributed by atoms with Crippen molar-refractivity contribution in [1.29, 1.82) is 0 Å². The first-order chi connectivity index (χ1) is 7.40. The zero-order valence-electron chi connectivity index (χ0n) is 9.08. The zero-order valence-corrected chi connectivity index (χ0v) is 9.08. The minimum atomic E-state index is 0.121. The maximum atomic E-state index is 5.69. The summed E-state index contributed by atoms with van der Waals surface area (Å²) in [6.07, 6.45) is 7.98. The highest BCUT2D eigenvalue weighted by Crippen LogP contribution is 2.22. The average Bonchev–Trinajstić information content (AvgIpc) is 2.81. The Labute approximate surface area is 90.8 Å². The van der Waals surface area contributed by atoms with Crippen LogP contribution in [0.4, 0.5) is 0 Å². The number of ether oxygens (including phenoxy) is 2. The summed E-state index contributed by atoms with van der Waals surface area (Å²) in [4.78, 5) is 0. The van der Waals surface area contributed by atoms with Crippen LogP contribution in [0, 0.1) is 0 Å². The highest BCUT2D eigenvalue weighted by molar-refractivity contribution is 5.07. The summed E-state index contributed by atoms with van der Waals surface area (Å²) in [5.74, 6) is 6.54. The second kappa shape index (κ2) is 5.49. The van der Waals surface area contributed by atoms with Crippen LogP contribution < -0.4 is 11.3 Å². The van der Waals surface area contributed by atoms with Gasteiger partial charge in [-0.05, 0) is 31.8 Å². The Balaban J connectivity index is 1.83. The van der Waals surface area contributed by atoms with Crippen LogP contribution in [0.1, 0.15) is 32.1 Å². The molecule has 0 aromatic carbocycles. The minimum absolute atomic E-state index is 0.121. The van der Waals surface area contributed by atoms with Gasteiger partial charge in [0.05, 0.1) is 18.8 Å². The predicted octanol–water partition coefficient (Wildman–Crippen LogP) is 1.08. The van der Waals surface area contributed by atoms with Gasteiger partial charge in [-0.2, -0.15) is 0 Å². The molecule has 4 nitrogen and oxygen atoms in total. The lowest BCUT2D eigenvalue weighted by Crippen LogP contribution is -2.40. The molecule has 4 heteroatoms. The molecule has 0 aromatic heterocycles. The van der Waals surface area contributed by atoms with Gasteiger partial charge in [-0.3, -0.25) is 5.84 Å². The van der Waals surface area contributed by atoms with Crippen molar-refractivity contribution in [3.8, 4) is 0 Å². The van der Waals surface area contributed by atoms with Crippen LogP contribution >= 0.6 is 0 Å². The molecule has 0 aromatic rings. The maximum absolute atomic E-state index is 5.69. The molecule has 2 aliphatic heterocycles. The average molecular weight is 212 g/mol. The van der Waals surface area contributed by atoms with E-state index in [2.05, 4.69) is 11.5 Å². The highest BCUT2D eigenvalue weighted by atomic mass is 16.5. The standard InChI is InChI=1S/C11H20N2O2/c12-13-10(11-5-3-7-15-11)8-9-4-1-2-6-14-9/h5,9-10,13H,1-4,6-8,12H2. The van der Waals surface area contributed by atoms with Gasteiger partial charge >= 0.3 is 0 Å². The molecular formula is C11H20N2O2. The molecule has 0 saturated carbocycles. The van der Waals surface area contributed by atoms with E-state index < -0.39 is 0 Å². The van der Waals surface area contributed by atoms with Crippen molar-refractivity contribution in [3.63, 3.8) is 0 Å². The topological polar surface area (TPSA) is 56.5 Å². The van der Waals surface area contributed by atoms with E-state index in [9.17, 15) is 0 Å². The number of hydrazine groups is 1. The van der Waals surface area contributed by atoms with E-state index in [1.54, 1.807) is 0 Å². The van der Waals surface area contributed by atoms with E-state index in [0.29, 0.717) is 6.10 Å². The fourth-order valence-electron chi connectivity index (χ4n) is 2.20. The van der Waals surface area contributed by atoms with Gasteiger partial charge in [0.25, 0.3) is 0 Å². The van der Waals surface area contributed by atoms with Gasteiger partial charge in [-0.1, -0.05) is 0 Å². The summed E-state index contributed by atoms with van der Waals surface area (Å²) in [5, 5.41) is 0. The van der Waals surface area contributed by atoms with E-state index in [4.69, 9.17) is 15.3 Å². The number of hydrogen-bond donors (Lipinski definition) is 2. The summed E-state index contributed by atoms with van der Waals surface area (Å²) in [7, 11) is 0. The van der Waals surface area contributed by atoms with E-state index in [-0.39, 0.29) is 6.04 Å². The lowest BCUT2D eigenvalue weighted by molar-refractivity contribution is 0.00410. The molecule has 1 saturated heterocycles. The summed E-state index contributed by atoms with van der Waals surface area (Å²) in [6, 6.07) is 0.121. The minimum Gasteiger partial charge on any atom is -0.496 e. The van der Waals surface area contributed by atoms with E-state index in [1.807, 2.05) is 0 Å². The van der Waals surface area contributed by atoms with Crippen LogP contribution in [-0.2, 0) is 9.47 Å². The van der Waals surface area contributed by atoms with Gasteiger partial charge in [0.1, 0.15) is 5.76 Å². The van der Waals surface area contributed by atoms with Crippen LogP contribution in [0.3, 0.4) is 0 Å². The molecule has 2 unspecified atom stereocenters. The van der Waals surface area contributed by atoms with Gasteiger partial charge in [0.15, 0.2) is 0 Å². The van der Waals surface area contributed by atoms with E-state index in [0.717, 1.165) is 38.2 Å². The molecule has 15 heavy (non-hydrogen) atoms. The molecule has 3 N–H and O–H groups in total. The van der Waals surface area contributed by atoms with Crippen LogP contribution in [-0.4, -0.2) is 25.4 Å². The maximum Gasteiger partial charge on any atom is 0.110 e. The summed E-state index contributed by atoms with van der Waals surface area (Å²) < 4.78 is 11.2. The fourth-order valence-corrected chi connectivity index (χ4v) is 2.20. The summed E-state index contributed by atoms with van der Waals surface area (Å²) in [6.45, 7) is 1.68. The third-order valence-electron chi connectivity index (χ3n) is 3.05. The van der Waals surface area contributed by atoms with Crippen molar-refractivity contribution in [1.82, 2.24) is 5.43 Å². The Morgan fingerprint density at radius 2 is 2.40 bits per heavy atom. The normalized spacial score (nSPS) is 28.3. The van der Waals surface area contributed by atoms with Crippen molar-refractivity contribution in [2.75, 3.05) is 13.2 Å². The van der Waals surface area contributed by atoms with Crippen molar-refractivity contribution in [3.05, 3.63) is 11.8 Å². The third kappa shape index (κ3) is 2.93. The van der Waals surface area contributed by atoms with Gasteiger partial charge in [-0.15, -0.1) is 0 Å². The second-order valence-corrected chi connectivity index (χ2v) is 4.19. The zero-order chi connectivity index (χ0) is 10.5. The fraction of sp³-hybridized carbons (Fsp3) is 0.818. The molecule has 2 atom stereocenters. The lowest BCUT2D eigenvalue weighted by Gasteiger charge is -2.26. The quantitative estimate of drug-likeness (QED) is 0.541. The van der Waals surface area contributed by atoms with Gasteiger partial charge in [0.2, 0.25) is 0 Å². The first-order valence-corrected chi connectivity index (χ1v) is 5.80. The molecular weight excluding hydrogens is 192 g/mol. The first-order valence-electron chi connectivity index (χ1n) is 5.80. The number of hydrogen-bond acceptors (Lipinski definition) is 4. The molecule has 2 heterocycles. The number of nitrogens with two attached hydrogens (primary N) is 1. The monoisotopic (exact) mass is 212 g/mol. The molecule has 2 aliphatic rings. The van der Waals surface area contributed by atoms with Crippen molar-refractivity contribution >= 4 is 0 Å². The van der Waals surface area contributed by atoms with Crippen molar-refractivity contribution < 1.29 is 9.47 Å². The molecule has 2 rings (SSSR count). The molecule has 0 radical (unpaired) electrons. The van der Waals surface area contributed by atoms with Crippen LogP contribution in [0.25, 0.3) is 0 Å². The summed E-state index contributed by atoms with van der Waals surface area (Å²) in [5.41, 5.74) is 2.82. The Morgan fingerprint density at radius 3 is 3.00 bits per heavy atom. The molecule has 0 spiro atoms. The molecule has 0 amide bonds. The second-order valence-electron chi connectivity index (χ2n) is 4.19. The Hall–Kier alpha value is -0.580. The highest BCUT2D eigenvalue weighted by Gasteiger charge is 2.23. The van der Waals surface area contributed by atoms with Crippen molar-refractivity contribution in [2.24, 2.45) is 5.84 Å². The third-order valence-corrected chi connectivity index (χ3v) is 3.05. The molecule has 0 aliphatic carbocycles. The Kier molecular flexibility index (Phi) is 4.00. The van der Waals surface area contributed by atoms with E-state index >= 15 is 0 Å². The lowest BCUT2D eigenvalue weighted by atomic mass is 10.0. The first kappa shape index (κ1) is 10.9. The van der Waals surface area contributed by atoms with Gasteiger partial charge in [0, 0.05) is 13.0 Å². The van der Waals surface area contributed by atoms with Gasteiger partial charge in [-0.25, -0.2) is 5.43 Å². The molecule has 0 bridgehead atoms.